The number of anilines is 3. The van der Waals surface area contributed by atoms with Crippen molar-refractivity contribution < 1.29 is 14.3 Å². The molecule has 3 aromatic rings. The number of carbonyl (C=O) groups excluding carboxylic acids is 1. The van der Waals surface area contributed by atoms with E-state index in [9.17, 15) is 9.90 Å². The number of hydrogen-bond donors (Lipinski definition) is 2. The number of hydrogen-bond acceptors (Lipinski definition) is 8. The Bertz CT molecular complexity index is 1490. The number of aromatic nitrogens is 2. The number of benzene rings is 1. The quantitative estimate of drug-likeness (QED) is 0.415. The average molecular weight is 555 g/mol. The first-order valence-electron chi connectivity index (χ1n) is 14.9. The van der Waals surface area contributed by atoms with Gasteiger partial charge in [0.2, 0.25) is 0 Å². The molecule has 5 heterocycles. The zero-order chi connectivity index (χ0) is 27.9. The maximum atomic E-state index is 15.6. The first kappa shape index (κ1) is 26.2. The van der Waals surface area contributed by atoms with Crippen LogP contribution in [-0.2, 0) is 6.42 Å². The smallest absolute Gasteiger partial charge is 0.174 e. The Kier molecular flexibility index (Phi) is 7.00. The monoisotopic (exact) mass is 554 g/mol. The van der Waals surface area contributed by atoms with Crippen molar-refractivity contribution in [2.75, 3.05) is 36.4 Å². The Morgan fingerprint density at radius 1 is 1.00 bits per heavy atom. The van der Waals surface area contributed by atoms with Gasteiger partial charge in [-0.05, 0) is 93.1 Å². The SMILES string of the molecule is O=C1CC=Nc2nc(-c3cc4c(cc3F)CCC4N3CCCCC3)cc(Nc3ccc(N4CCC(O)CC4)cn3)c21. The number of nitrogens with one attached hydrogen (secondary N) is 1. The van der Waals surface area contributed by atoms with E-state index in [0.717, 1.165) is 63.1 Å². The van der Waals surface area contributed by atoms with Crippen LogP contribution in [0.15, 0.2) is 41.5 Å². The van der Waals surface area contributed by atoms with E-state index in [1.54, 1.807) is 24.5 Å². The number of likely N-dealkylation sites (tertiary alicyclic amines) is 1. The molecule has 2 saturated heterocycles. The molecule has 212 valence electrons. The van der Waals surface area contributed by atoms with E-state index >= 15 is 4.39 Å². The minimum absolute atomic E-state index is 0.0837. The van der Waals surface area contributed by atoms with Crippen molar-refractivity contribution in [1.82, 2.24) is 14.9 Å². The van der Waals surface area contributed by atoms with Crippen molar-refractivity contribution in [3.05, 3.63) is 59.0 Å². The lowest BCUT2D eigenvalue weighted by Crippen LogP contribution is -2.35. The molecule has 9 heteroatoms. The molecule has 8 nitrogen and oxygen atoms in total. The largest absolute Gasteiger partial charge is 0.393 e. The van der Waals surface area contributed by atoms with Gasteiger partial charge in [0.15, 0.2) is 11.6 Å². The van der Waals surface area contributed by atoms with Crippen LogP contribution in [0.5, 0.6) is 0 Å². The fourth-order valence-electron chi connectivity index (χ4n) is 6.77. The zero-order valence-corrected chi connectivity index (χ0v) is 23.2. The number of fused-ring (bicyclic) bond motifs is 2. The van der Waals surface area contributed by atoms with E-state index in [0.29, 0.717) is 40.2 Å². The van der Waals surface area contributed by atoms with Crippen LogP contribution < -0.4 is 10.2 Å². The topological polar surface area (TPSA) is 94.0 Å². The Balaban J connectivity index is 1.22. The second-order valence-electron chi connectivity index (χ2n) is 11.6. The summed E-state index contributed by atoms with van der Waals surface area (Å²) in [5.74, 6) is 0.491. The highest BCUT2D eigenvalue weighted by molar-refractivity contribution is 6.13. The number of aliphatic imine (C=N–C) groups is 1. The Morgan fingerprint density at radius 3 is 2.61 bits per heavy atom. The summed E-state index contributed by atoms with van der Waals surface area (Å²) < 4.78 is 15.6. The second-order valence-corrected chi connectivity index (χ2v) is 11.6. The van der Waals surface area contributed by atoms with Crippen molar-refractivity contribution >= 4 is 35.0 Å². The summed E-state index contributed by atoms with van der Waals surface area (Å²) >= 11 is 0. The number of aliphatic hydroxyl groups excluding tert-OH is 1. The molecule has 2 N–H and O–H groups in total. The van der Waals surface area contributed by atoms with Gasteiger partial charge in [-0.3, -0.25) is 9.69 Å². The molecule has 0 bridgehead atoms. The third kappa shape index (κ3) is 5.13. The predicted octanol–water partition coefficient (Wildman–Crippen LogP) is 5.75. The number of carbonyl (C=O) groups is 1. The predicted molar refractivity (Wildman–Crippen MR) is 158 cm³/mol. The van der Waals surface area contributed by atoms with E-state index < -0.39 is 0 Å². The van der Waals surface area contributed by atoms with Gasteiger partial charge >= 0.3 is 0 Å². The Hall–Kier alpha value is -3.69. The van der Waals surface area contributed by atoms with Crippen LogP contribution in [0.4, 0.5) is 27.4 Å². The first-order valence-corrected chi connectivity index (χ1v) is 14.9. The number of halogens is 1. The van der Waals surface area contributed by atoms with Gasteiger partial charge in [0.25, 0.3) is 0 Å². The number of piperidine rings is 2. The molecule has 1 aliphatic carbocycles. The van der Waals surface area contributed by atoms with E-state index in [-0.39, 0.29) is 24.1 Å². The number of Topliss-reactive ketones (excluding diaryl/α,β-unsaturated/α-hetero) is 1. The molecule has 3 aliphatic heterocycles. The number of ketones is 1. The molecule has 0 spiro atoms. The van der Waals surface area contributed by atoms with Crippen molar-refractivity contribution in [2.45, 2.75) is 63.5 Å². The second kappa shape index (κ2) is 10.9. The standard InChI is InChI=1S/C32H35FN6O2/c33-25-16-20-4-6-28(39-12-2-1-3-13-39)23(20)17-24(25)26-18-27(31-29(41)8-11-34-32(31)37-26)36-30-7-5-21(19-35-30)38-14-9-22(40)10-15-38/h5,7,11,16-19,22,28,40H,1-4,6,8-10,12-15H2,(H,35,36,37). The molecule has 0 amide bonds. The third-order valence-corrected chi connectivity index (χ3v) is 8.99. The van der Waals surface area contributed by atoms with Crippen LogP contribution in [0.2, 0.25) is 0 Å². The normalized spacial score (nSPS) is 21.2. The maximum absolute atomic E-state index is 15.6. The molecular weight excluding hydrogens is 519 g/mol. The van der Waals surface area contributed by atoms with Crippen molar-refractivity contribution in [3.8, 4) is 11.3 Å². The number of aryl methyl sites for hydroxylation is 1. The minimum atomic E-state index is -0.304. The van der Waals surface area contributed by atoms with Crippen LogP contribution >= 0.6 is 0 Å². The maximum Gasteiger partial charge on any atom is 0.174 e. The molecule has 1 unspecified atom stereocenters. The lowest BCUT2D eigenvalue weighted by molar-refractivity contribution is 0.100. The highest BCUT2D eigenvalue weighted by Gasteiger charge is 2.31. The lowest BCUT2D eigenvalue weighted by Gasteiger charge is -2.33. The Labute approximate surface area is 239 Å². The van der Waals surface area contributed by atoms with Crippen molar-refractivity contribution in [1.29, 1.82) is 0 Å². The van der Waals surface area contributed by atoms with Gasteiger partial charge in [-0.2, -0.15) is 0 Å². The molecule has 41 heavy (non-hydrogen) atoms. The highest BCUT2D eigenvalue weighted by atomic mass is 19.1. The average Bonchev–Trinajstić information content (AvgIpc) is 3.40. The summed E-state index contributed by atoms with van der Waals surface area (Å²) in [4.78, 5) is 31.4. The fraction of sp³-hybridized carbons (Fsp3) is 0.438. The van der Waals surface area contributed by atoms with Crippen molar-refractivity contribution in [3.63, 3.8) is 0 Å². The molecule has 0 saturated carbocycles. The highest BCUT2D eigenvalue weighted by Crippen LogP contribution is 2.42. The van der Waals surface area contributed by atoms with E-state index in [1.165, 1.54) is 24.8 Å². The molecule has 1 atom stereocenters. The van der Waals surface area contributed by atoms with E-state index in [2.05, 4.69) is 30.1 Å². The van der Waals surface area contributed by atoms with Gasteiger partial charge in [0.05, 0.1) is 34.9 Å². The molecular formula is C32H35FN6O2. The summed E-state index contributed by atoms with van der Waals surface area (Å²) in [6.07, 6.45) is 10.4. The molecule has 7 rings (SSSR count). The number of aliphatic hydroxyl groups is 1. The number of nitrogens with zero attached hydrogens (tertiary/aromatic N) is 5. The van der Waals surface area contributed by atoms with Crippen molar-refractivity contribution in [2.24, 2.45) is 4.99 Å². The Morgan fingerprint density at radius 2 is 1.83 bits per heavy atom. The summed E-state index contributed by atoms with van der Waals surface area (Å²) in [6.45, 7) is 3.75. The summed E-state index contributed by atoms with van der Waals surface area (Å²) in [6, 6.07) is 9.59. The van der Waals surface area contributed by atoms with Gasteiger partial charge in [-0.15, -0.1) is 0 Å². The van der Waals surface area contributed by atoms with Crippen LogP contribution in [0.25, 0.3) is 11.3 Å². The molecule has 2 fully saturated rings. The third-order valence-electron chi connectivity index (χ3n) is 8.99. The molecule has 0 radical (unpaired) electrons. The molecule has 4 aliphatic rings. The van der Waals surface area contributed by atoms with Crippen LogP contribution in [0.1, 0.15) is 72.5 Å². The zero-order valence-electron chi connectivity index (χ0n) is 23.2. The summed E-state index contributed by atoms with van der Waals surface area (Å²) in [7, 11) is 0. The van der Waals surface area contributed by atoms with Crippen LogP contribution in [-0.4, -0.2) is 64.3 Å². The van der Waals surface area contributed by atoms with Gasteiger partial charge < -0.3 is 15.3 Å². The number of pyridine rings is 2. The summed E-state index contributed by atoms with van der Waals surface area (Å²) in [5.41, 5.74) is 5.08. The van der Waals surface area contributed by atoms with Gasteiger partial charge in [-0.1, -0.05) is 6.42 Å². The van der Waals surface area contributed by atoms with Crippen LogP contribution in [0.3, 0.4) is 0 Å². The first-order chi connectivity index (χ1) is 20.0. The minimum Gasteiger partial charge on any atom is -0.393 e. The van der Waals surface area contributed by atoms with E-state index in [1.807, 2.05) is 18.2 Å². The fourth-order valence-corrected chi connectivity index (χ4v) is 6.77. The molecule has 1 aromatic carbocycles. The number of rotatable bonds is 5. The van der Waals surface area contributed by atoms with Gasteiger partial charge in [-0.25, -0.2) is 19.4 Å². The lowest BCUT2D eigenvalue weighted by atomic mass is 9.97. The summed E-state index contributed by atoms with van der Waals surface area (Å²) in [5, 5.41) is 13.1. The van der Waals surface area contributed by atoms with Gasteiger partial charge in [0.1, 0.15) is 11.6 Å². The van der Waals surface area contributed by atoms with Crippen LogP contribution in [0, 0.1) is 5.82 Å². The van der Waals surface area contributed by atoms with E-state index in [4.69, 9.17) is 0 Å². The van der Waals surface area contributed by atoms with Gasteiger partial charge in [0, 0.05) is 37.3 Å². The molecule has 2 aromatic heterocycles.